The molecule has 6 rings (SSSR count). The second-order valence-corrected chi connectivity index (χ2v) is 9.80. The topological polar surface area (TPSA) is 60.5 Å². The molecule has 1 aliphatic carbocycles. The van der Waals surface area contributed by atoms with Crippen LogP contribution >= 0.6 is 0 Å². The predicted molar refractivity (Wildman–Crippen MR) is 115 cm³/mol. The summed E-state index contributed by atoms with van der Waals surface area (Å²) in [5.41, 5.74) is 2.78. The first kappa shape index (κ1) is 18.0. The van der Waals surface area contributed by atoms with Crippen LogP contribution in [0.5, 0.6) is 0 Å². The van der Waals surface area contributed by atoms with Gasteiger partial charge >= 0.3 is 0 Å². The lowest BCUT2D eigenvalue weighted by Gasteiger charge is -2.38. The molecule has 7 heteroatoms. The van der Waals surface area contributed by atoms with E-state index in [1.807, 2.05) is 6.20 Å². The zero-order valence-electron chi connectivity index (χ0n) is 17.4. The molecule has 3 saturated heterocycles. The van der Waals surface area contributed by atoms with Crippen molar-refractivity contribution in [1.82, 2.24) is 19.9 Å². The summed E-state index contributed by atoms with van der Waals surface area (Å²) in [5.74, 6) is 2.61. The van der Waals surface area contributed by atoms with Gasteiger partial charge in [-0.1, -0.05) is 0 Å². The quantitative estimate of drug-likeness (QED) is 0.857. The largest absolute Gasteiger partial charge is 0.381 e. The van der Waals surface area contributed by atoms with Crippen LogP contribution in [0, 0.1) is 11.3 Å². The summed E-state index contributed by atoms with van der Waals surface area (Å²) in [7, 11) is 2.14. The fraction of sp³-hybridized carbons (Fsp3) is 0.727. The maximum atomic E-state index is 5.52. The summed E-state index contributed by atoms with van der Waals surface area (Å²) >= 11 is 0. The van der Waals surface area contributed by atoms with Crippen LogP contribution < -0.4 is 9.80 Å². The summed E-state index contributed by atoms with van der Waals surface area (Å²) in [4.78, 5) is 20.9. The summed E-state index contributed by atoms with van der Waals surface area (Å²) < 4.78 is 5.52. The van der Waals surface area contributed by atoms with E-state index in [2.05, 4.69) is 32.8 Å². The molecule has 1 saturated carbocycles. The van der Waals surface area contributed by atoms with E-state index in [4.69, 9.17) is 14.7 Å². The van der Waals surface area contributed by atoms with Crippen molar-refractivity contribution in [1.29, 1.82) is 0 Å². The van der Waals surface area contributed by atoms with Crippen molar-refractivity contribution >= 4 is 22.8 Å². The molecule has 2 aromatic rings. The number of aromatic amines is 1. The van der Waals surface area contributed by atoms with Gasteiger partial charge in [0.15, 0.2) is 5.82 Å². The smallest absolute Gasteiger partial charge is 0.227 e. The van der Waals surface area contributed by atoms with Gasteiger partial charge in [0.25, 0.3) is 0 Å². The Bertz CT molecular complexity index is 887. The molecule has 7 nitrogen and oxygen atoms in total. The first-order valence-corrected chi connectivity index (χ1v) is 11.3. The number of nitrogens with one attached hydrogen (secondary N) is 1. The van der Waals surface area contributed by atoms with Crippen molar-refractivity contribution < 1.29 is 4.74 Å². The maximum Gasteiger partial charge on any atom is 0.227 e. The zero-order chi connectivity index (χ0) is 19.4. The Balaban J connectivity index is 1.25. The minimum atomic E-state index is 0.666. The second-order valence-electron chi connectivity index (χ2n) is 9.80. The van der Waals surface area contributed by atoms with Gasteiger partial charge < -0.3 is 19.5 Å². The van der Waals surface area contributed by atoms with Crippen LogP contribution in [0.3, 0.4) is 0 Å². The van der Waals surface area contributed by atoms with Crippen LogP contribution in [0.4, 0.5) is 11.8 Å². The third-order valence-corrected chi connectivity index (χ3v) is 7.66. The van der Waals surface area contributed by atoms with Crippen LogP contribution in [0.15, 0.2) is 12.3 Å². The molecule has 0 radical (unpaired) electrons. The summed E-state index contributed by atoms with van der Waals surface area (Å²) in [5, 5.41) is 0. The van der Waals surface area contributed by atoms with Gasteiger partial charge in [-0.15, -0.1) is 0 Å². The number of hydrogen-bond acceptors (Lipinski definition) is 6. The Labute approximate surface area is 172 Å². The van der Waals surface area contributed by atoms with Gasteiger partial charge in [-0.05, 0) is 49.5 Å². The average Bonchev–Trinajstić information content (AvgIpc) is 3.16. The van der Waals surface area contributed by atoms with Gasteiger partial charge in [0, 0.05) is 65.2 Å². The third-order valence-electron chi connectivity index (χ3n) is 7.66. The lowest BCUT2D eigenvalue weighted by molar-refractivity contribution is 0.0684. The number of H-pyrrole nitrogens is 1. The average molecular weight is 397 g/mol. The standard InChI is InChI=1S/C22H32N6O/c1-26(13-16-3-10-29-11-4-16)21-24-18-2-7-23-19(18)20(25-21)27-8-9-28-15-22(5-6-22)12-17(28)14-27/h2,7,16-17,23H,3-6,8-15H2,1H3/t17-/m0/s1. The van der Waals surface area contributed by atoms with Gasteiger partial charge in [0.1, 0.15) is 5.52 Å². The Kier molecular flexibility index (Phi) is 4.24. The van der Waals surface area contributed by atoms with E-state index < -0.39 is 0 Å². The molecule has 3 aliphatic heterocycles. The summed E-state index contributed by atoms with van der Waals surface area (Å²) in [6.07, 6.45) is 8.52. The SMILES string of the molecule is CN(CC1CCOCC1)c1nc(N2CCN3CC4(CC4)C[C@H]3C2)c2[nH]ccc2n1. The van der Waals surface area contributed by atoms with E-state index in [1.54, 1.807) is 0 Å². The summed E-state index contributed by atoms with van der Waals surface area (Å²) in [6.45, 7) is 7.40. The van der Waals surface area contributed by atoms with Gasteiger partial charge in [0.05, 0.1) is 5.52 Å². The fourth-order valence-electron chi connectivity index (χ4n) is 5.74. The highest BCUT2D eigenvalue weighted by Gasteiger charge is 2.52. The van der Waals surface area contributed by atoms with Crippen LogP contribution in [-0.4, -0.2) is 78.9 Å². The molecule has 2 aromatic heterocycles. The Morgan fingerprint density at radius 3 is 2.93 bits per heavy atom. The molecular formula is C22H32N6O. The number of ether oxygens (including phenoxy) is 1. The molecule has 0 bridgehead atoms. The summed E-state index contributed by atoms with van der Waals surface area (Å²) in [6, 6.07) is 2.77. The van der Waals surface area contributed by atoms with E-state index in [1.165, 1.54) is 25.8 Å². The van der Waals surface area contributed by atoms with Crippen LogP contribution in [0.25, 0.3) is 11.0 Å². The highest BCUT2D eigenvalue weighted by atomic mass is 16.5. The number of aromatic nitrogens is 3. The van der Waals surface area contributed by atoms with Crippen molar-refractivity contribution in [3.05, 3.63) is 12.3 Å². The zero-order valence-corrected chi connectivity index (χ0v) is 17.4. The van der Waals surface area contributed by atoms with E-state index in [0.717, 1.165) is 75.0 Å². The predicted octanol–water partition coefficient (Wildman–Crippen LogP) is 2.50. The van der Waals surface area contributed by atoms with Gasteiger partial charge in [-0.2, -0.15) is 4.98 Å². The molecule has 156 valence electrons. The van der Waals surface area contributed by atoms with Crippen molar-refractivity contribution in [2.75, 3.05) is 62.8 Å². The molecule has 1 atom stereocenters. The highest BCUT2D eigenvalue weighted by molar-refractivity contribution is 5.87. The Morgan fingerprint density at radius 2 is 2.10 bits per heavy atom. The number of anilines is 2. The first-order chi connectivity index (χ1) is 14.2. The number of rotatable bonds is 4. The molecule has 29 heavy (non-hydrogen) atoms. The monoisotopic (exact) mass is 396 g/mol. The number of fused-ring (bicyclic) bond motifs is 2. The minimum Gasteiger partial charge on any atom is -0.381 e. The third kappa shape index (κ3) is 3.28. The van der Waals surface area contributed by atoms with E-state index in [-0.39, 0.29) is 0 Å². The van der Waals surface area contributed by atoms with Gasteiger partial charge in [-0.3, -0.25) is 4.90 Å². The molecule has 1 spiro atoms. The second kappa shape index (κ2) is 6.84. The number of nitrogens with zero attached hydrogens (tertiary/aromatic N) is 5. The maximum absolute atomic E-state index is 5.52. The highest BCUT2D eigenvalue weighted by Crippen LogP contribution is 2.55. The Morgan fingerprint density at radius 1 is 1.24 bits per heavy atom. The lowest BCUT2D eigenvalue weighted by atomic mass is 10.00. The van der Waals surface area contributed by atoms with Gasteiger partial charge in [-0.25, -0.2) is 4.98 Å². The first-order valence-electron chi connectivity index (χ1n) is 11.3. The molecule has 0 aromatic carbocycles. The van der Waals surface area contributed by atoms with E-state index >= 15 is 0 Å². The fourth-order valence-corrected chi connectivity index (χ4v) is 5.74. The molecule has 1 N–H and O–H groups in total. The molecular weight excluding hydrogens is 364 g/mol. The normalized spacial score (nSPS) is 26.9. The minimum absolute atomic E-state index is 0.666. The van der Waals surface area contributed by atoms with Crippen molar-refractivity contribution in [3.8, 4) is 0 Å². The molecule has 0 unspecified atom stereocenters. The van der Waals surface area contributed by atoms with Gasteiger partial charge in [0.2, 0.25) is 5.95 Å². The van der Waals surface area contributed by atoms with Crippen LogP contribution in [-0.2, 0) is 4.74 Å². The van der Waals surface area contributed by atoms with Crippen molar-refractivity contribution in [2.24, 2.45) is 11.3 Å². The van der Waals surface area contributed by atoms with E-state index in [9.17, 15) is 0 Å². The van der Waals surface area contributed by atoms with Crippen molar-refractivity contribution in [3.63, 3.8) is 0 Å². The Hall–Kier alpha value is -1.86. The van der Waals surface area contributed by atoms with Crippen molar-refractivity contribution in [2.45, 2.75) is 38.1 Å². The number of hydrogen-bond donors (Lipinski definition) is 1. The number of piperazine rings is 1. The van der Waals surface area contributed by atoms with Crippen LogP contribution in [0.1, 0.15) is 32.1 Å². The van der Waals surface area contributed by atoms with Crippen LogP contribution in [0.2, 0.25) is 0 Å². The molecule has 4 fully saturated rings. The van der Waals surface area contributed by atoms with E-state index in [0.29, 0.717) is 17.4 Å². The molecule has 0 amide bonds. The molecule has 5 heterocycles. The molecule has 4 aliphatic rings. The lowest BCUT2D eigenvalue weighted by Crippen LogP contribution is -2.50.